The molecule has 3 aromatic rings. The van der Waals surface area contributed by atoms with Gasteiger partial charge in [0, 0.05) is 17.0 Å². The first-order chi connectivity index (χ1) is 14.0. The van der Waals surface area contributed by atoms with Crippen molar-refractivity contribution in [3.63, 3.8) is 0 Å². The van der Waals surface area contributed by atoms with Gasteiger partial charge in [0.15, 0.2) is 5.13 Å². The third kappa shape index (κ3) is 6.03. The van der Waals surface area contributed by atoms with Gasteiger partial charge >= 0.3 is 0 Å². The van der Waals surface area contributed by atoms with Crippen molar-refractivity contribution in [3.8, 4) is 17.0 Å². The number of carbonyl (C=O) groups excluding carboxylic acids is 1. The van der Waals surface area contributed by atoms with Crippen LogP contribution in [0.25, 0.3) is 17.3 Å². The Morgan fingerprint density at radius 1 is 1.17 bits per heavy atom. The fraction of sp³-hybridized carbons (Fsp3) is 0.250. The molecule has 0 saturated carbocycles. The summed E-state index contributed by atoms with van der Waals surface area (Å²) < 4.78 is 5.65. The fourth-order valence-corrected chi connectivity index (χ4v) is 3.51. The van der Waals surface area contributed by atoms with E-state index in [1.54, 1.807) is 6.08 Å². The minimum Gasteiger partial charge on any atom is -0.494 e. The molecule has 1 heterocycles. The molecular weight excluding hydrogens is 380 g/mol. The summed E-state index contributed by atoms with van der Waals surface area (Å²) in [7, 11) is 0. The molecule has 1 aromatic heterocycles. The Kier molecular flexibility index (Phi) is 7.19. The van der Waals surface area contributed by atoms with E-state index >= 15 is 0 Å². The van der Waals surface area contributed by atoms with E-state index in [2.05, 4.69) is 49.3 Å². The lowest BCUT2D eigenvalue weighted by Crippen LogP contribution is -2.07. The van der Waals surface area contributed by atoms with Crippen molar-refractivity contribution in [2.24, 2.45) is 0 Å². The largest absolute Gasteiger partial charge is 0.494 e. The molecule has 0 aliphatic heterocycles. The van der Waals surface area contributed by atoms with Crippen LogP contribution in [0.3, 0.4) is 0 Å². The van der Waals surface area contributed by atoms with Gasteiger partial charge in [0.1, 0.15) is 5.75 Å². The minimum atomic E-state index is -0.199. The number of aromatic nitrogens is 1. The number of aryl methyl sites for hydroxylation is 2. The molecule has 0 atom stereocenters. The van der Waals surface area contributed by atoms with E-state index in [9.17, 15) is 4.79 Å². The number of ether oxygens (including phenoxy) is 1. The Morgan fingerprint density at radius 2 is 1.97 bits per heavy atom. The molecule has 3 rings (SSSR count). The molecule has 150 valence electrons. The Bertz CT molecular complexity index is 990. The molecule has 0 bridgehead atoms. The number of nitrogens with zero attached hydrogens (tertiary/aromatic N) is 1. The summed E-state index contributed by atoms with van der Waals surface area (Å²) in [6.07, 6.45) is 5.46. The van der Waals surface area contributed by atoms with Gasteiger partial charge in [-0.2, -0.15) is 0 Å². The third-order valence-corrected chi connectivity index (χ3v) is 5.23. The van der Waals surface area contributed by atoms with E-state index in [1.807, 2.05) is 29.6 Å². The highest BCUT2D eigenvalue weighted by Gasteiger charge is 2.09. The number of benzene rings is 2. The van der Waals surface area contributed by atoms with Crippen LogP contribution in [0.1, 0.15) is 36.5 Å². The second-order valence-corrected chi connectivity index (χ2v) is 7.81. The highest BCUT2D eigenvalue weighted by atomic mass is 32.1. The first kappa shape index (κ1) is 20.8. The summed E-state index contributed by atoms with van der Waals surface area (Å²) in [6.45, 7) is 6.99. The Morgan fingerprint density at radius 3 is 2.72 bits per heavy atom. The van der Waals surface area contributed by atoms with E-state index in [0.29, 0.717) is 5.13 Å². The smallest absolute Gasteiger partial charge is 0.250 e. The van der Waals surface area contributed by atoms with Crippen molar-refractivity contribution in [1.29, 1.82) is 0 Å². The Labute approximate surface area is 176 Å². The van der Waals surface area contributed by atoms with Gasteiger partial charge in [0.25, 0.3) is 0 Å². The minimum absolute atomic E-state index is 0.199. The second-order valence-electron chi connectivity index (χ2n) is 6.95. The first-order valence-electron chi connectivity index (χ1n) is 9.80. The molecular formula is C24H26N2O2S. The van der Waals surface area contributed by atoms with Gasteiger partial charge < -0.3 is 4.74 Å². The van der Waals surface area contributed by atoms with Crippen LogP contribution in [0.5, 0.6) is 5.75 Å². The predicted molar refractivity (Wildman–Crippen MR) is 122 cm³/mol. The molecule has 0 unspecified atom stereocenters. The van der Waals surface area contributed by atoms with Crippen molar-refractivity contribution in [2.75, 3.05) is 11.9 Å². The normalized spacial score (nSPS) is 11.0. The number of hydrogen-bond acceptors (Lipinski definition) is 4. The van der Waals surface area contributed by atoms with Crippen LogP contribution in [0.15, 0.2) is 53.9 Å². The van der Waals surface area contributed by atoms with Gasteiger partial charge in [0.05, 0.1) is 12.3 Å². The van der Waals surface area contributed by atoms with Crippen LogP contribution < -0.4 is 10.1 Å². The third-order valence-electron chi connectivity index (χ3n) is 4.48. The maximum absolute atomic E-state index is 12.2. The molecule has 0 aliphatic carbocycles. The second kappa shape index (κ2) is 10.0. The molecule has 5 heteroatoms. The monoisotopic (exact) mass is 406 g/mol. The SMILES string of the molecule is CCCCOc1ccc(C=CC(=O)Nc2nc(-c3cc(C)ccc3C)cs2)cc1. The average Bonchev–Trinajstić information content (AvgIpc) is 3.17. The molecule has 29 heavy (non-hydrogen) atoms. The predicted octanol–water partition coefficient (Wildman–Crippen LogP) is 6.26. The average molecular weight is 407 g/mol. The zero-order chi connectivity index (χ0) is 20.6. The molecule has 2 aromatic carbocycles. The van der Waals surface area contributed by atoms with Crippen LogP contribution in [-0.4, -0.2) is 17.5 Å². The van der Waals surface area contributed by atoms with Crippen molar-refractivity contribution >= 4 is 28.5 Å². The standard InChI is InChI=1S/C24H26N2O2S/c1-4-5-14-28-20-11-8-19(9-12-20)10-13-23(27)26-24-25-22(16-29-24)21-15-17(2)6-7-18(21)3/h6-13,15-16H,4-5,14H2,1-3H3,(H,25,26,27). The van der Waals surface area contributed by atoms with E-state index in [1.165, 1.54) is 28.5 Å². The quantitative estimate of drug-likeness (QED) is 0.355. The van der Waals surface area contributed by atoms with Crippen LogP contribution in [0, 0.1) is 13.8 Å². The number of nitrogens with one attached hydrogen (secondary N) is 1. The molecule has 1 N–H and O–H groups in total. The summed E-state index contributed by atoms with van der Waals surface area (Å²) in [6, 6.07) is 14.0. The van der Waals surface area contributed by atoms with Crippen molar-refractivity contribution < 1.29 is 9.53 Å². The lowest BCUT2D eigenvalue weighted by molar-refractivity contribution is -0.111. The van der Waals surface area contributed by atoms with Crippen LogP contribution in [0.2, 0.25) is 0 Å². The van der Waals surface area contributed by atoms with E-state index in [0.717, 1.165) is 42.0 Å². The zero-order valence-electron chi connectivity index (χ0n) is 17.1. The molecule has 0 radical (unpaired) electrons. The van der Waals surface area contributed by atoms with Crippen molar-refractivity contribution in [2.45, 2.75) is 33.6 Å². The Hall–Kier alpha value is -2.92. The summed E-state index contributed by atoms with van der Waals surface area (Å²) in [5.41, 5.74) is 5.28. The summed E-state index contributed by atoms with van der Waals surface area (Å²) in [4.78, 5) is 16.8. The topological polar surface area (TPSA) is 51.2 Å². The molecule has 1 amide bonds. The number of unbranched alkanes of at least 4 members (excludes halogenated alkanes) is 1. The summed E-state index contributed by atoms with van der Waals surface area (Å²) in [5, 5.41) is 5.40. The lowest BCUT2D eigenvalue weighted by atomic mass is 10.0. The zero-order valence-corrected chi connectivity index (χ0v) is 17.9. The summed E-state index contributed by atoms with van der Waals surface area (Å²) >= 11 is 1.43. The van der Waals surface area contributed by atoms with E-state index < -0.39 is 0 Å². The maximum atomic E-state index is 12.2. The molecule has 0 spiro atoms. The molecule has 4 nitrogen and oxygen atoms in total. The van der Waals surface area contributed by atoms with Gasteiger partial charge in [-0.15, -0.1) is 11.3 Å². The number of hydrogen-bond donors (Lipinski definition) is 1. The van der Waals surface area contributed by atoms with E-state index in [4.69, 9.17) is 4.74 Å². The number of rotatable bonds is 8. The fourth-order valence-electron chi connectivity index (χ4n) is 2.80. The molecule has 0 fully saturated rings. The van der Waals surface area contributed by atoms with Crippen LogP contribution in [-0.2, 0) is 4.79 Å². The maximum Gasteiger partial charge on any atom is 0.250 e. The first-order valence-corrected chi connectivity index (χ1v) is 10.7. The van der Waals surface area contributed by atoms with Gasteiger partial charge in [-0.25, -0.2) is 4.98 Å². The van der Waals surface area contributed by atoms with Crippen LogP contribution in [0.4, 0.5) is 5.13 Å². The van der Waals surface area contributed by atoms with Crippen molar-refractivity contribution in [1.82, 2.24) is 4.98 Å². The number of anilines is 1. The van der Waals surface area contributed by atoms with Gasteiger partial charge in [-0.05, 0) is 55.7 Å². The van der Waals surface area contributed by atoms with Crippen LogP contribution >= 0.6 is 11.3 Å². The van der Waals surface area contributed by atoms with Crippen molar-refractivity contribution in [3.05, 3.63) is 70.6 Å². The van der Waals surface area contributed by atoms with Gasteiger partial charge in [-0.1, -0.05) is 43.2 Å². The Balaban J connectivity index is 1.58. The van der Waals surface area contributed by atoms with E-state index in [-0.39, 0.29) is 5.91 Å². The highest BCUT2D eigenvalue weighted by molar-refractivity contribution is 7.14. The molecule has 0 aliphatic rings. The number of amides is 1. The number of thiazole rings is 1. The van der Waals surface area contributed by atoms with Gasteiger partial charge in [0.2, 0.25) is 5.91 Å². The lowest BCUT2D eigenvalue weighted by Gasteiger charge is -2.05. The highest BCUT2D eigenvalue weighted by Crippen LogP contribution is 2.28. The number of carbonyl (C=O) groups is 1. The summed E-state index contributed by atoms with van der Waals surface area (Å²) in [5.74, 6) is 0.650. The molecule has 0 saturated heterocycles. The van der Waals surface area contributed by atoms with Gasteiger partial charge in [-0.3, -0.25) is 10.1 Å².